The third-order valence-electron chi connectivity index (χ3n) is 5.13. The van der Waals surface area contributed by atoms with Crippen LogP contribution in [-0.4, -0.2) is 30.4 Å². The van der Waals surface area contributed by atoms with Crippen molar-refractivity contribution in [3.63, 3.8) is 0 Å². The summed E-state index contributed by atoms with van der Waals surface area (Å²) in [6.45, 7) is 2.76. The SMILES string of the molecule is O=C(NCC(c1ccco1)N1CCCC1)c1cc2c(s1)CCCC2. The second-order valence-electron chi connectivity index (χ2n) is 6.75. The number of thiophene rings is 1. The molecule has 1 amide bonds. The van der Waals surface area contributed by atoms with Crippen molar-refractivity contribution in [2.75, 3.05) is 19.6 Å². The average molecular weight is 344 g/mol. The number of carbonyl (C=O) groups excluding carboxylic acids is 1. The molecule has 0 spiro atoms. The van der Waals surface area contributed by atoms with Crippen LogP contribution in [0.1, 0.15) is 57.6 Å². The highest BCUT2D eigenvalue weighted by molar-refractivity contribution is 7.14. The van der Waals surface area contributed by atoms with E-state index in [1.807, 2.05) is 12.1 Å². The highest BCUT2D eigenvalue weighted by atomic mass is 32.1. The lowest BCUT2D eigenvalue weighted by Gasteiger charge is -2.25. The Kier molecular flexibility index (Phi) is 4.72. The standard InChI is InChI=1S/C19H24N2O2S/c22-19(18-12-14-6-1-2-8-17(14)24-18)20-13-15(16-7-5-11-23-16)21-9-3-4-10-21/h5,7,11-12,15H,1-4,6,8-10,13H2,(H,20,22). The predicted molar refractivity (Wildman–Crippen MR) is 95.6 cm³/mol. The molecule has 1 N–H and O–H groups in total. The lowest BCUT2D eigenvalue weighted by Crippen LogP contribution is -2.36. The van der Waals surface area contributed by atoms with Crippen molar-refractivity contribution in [2.45, 2.75) is 44.6 Å². The molecule has 1 aliphatic carbocycles. The van der Waals surface area contributed by atoms with E-state index < -0.39 is 0 Å². The van der Waals surface area contributed by atoms with Crippen LogP contribution in [0, 0.1) is 0 Å². The number of fused-ring (bicyclic) bond motifs is 1. The molecule has 0 aromatic carbocycles. The Morgan fingerprint density at radius 2 is 2.08 bits per heavy atom. The third-order valence-corrected chi connectivity index (χ3v) is 6.37. The smallest absolute Gasteiger partial charge is 0.261 e. The van der Waals surface area contributed by atoms with E-state index >= 15 is 0 Å². The minimum atomic E-state index is 0.0603. The summed E-state index contributed by atoms with van der Waals surface area (Å²) in [6, 6.07) is 6.18. The van der Waals surface area contributed by atoms with Crippen LogP contribution >= 0.6 is 11.3 Å². The normalized spacial score (nSPS) is 19.2. The van der Waals surface area contributed by atoms with Gasteiger partial charge in [0, 0.05) is 11.4 Å². The highest BCUT2D eigenvalue weighted by Gasteiger charge is 2.26. The van der Waals surface area contributed by atoms with Gasteiger partial charge in [-0.15, -0.1) is 11.3 Å². The molecule has 1 aliphatic heterocycles. The van der Waals surface area contributed by atoms with Crippen LogP contribution in [0.15, 0.2) is 28.9 Å². The first-order valence-corrected chi connectivity index (χ1v) is 9.80. The Morgan fingerprint density at radius 3 is 2.83 bits per heavy atom. The molecule has 1 fully saturated rings. The van der Waals surface area contributed by atoms with Gasteiger partial charge in [0.05, 0.1) is 17.2 Å². The van der Waals surface area contributed by atoms with Crippen molar-refractivity contribution in [3.05, 3.63) is 45.5 Å². The third kappa shape index (κ3) is 3.28. The number of furan rings is 1. The van der Waals surface area contributed by atoms with Crippen LogP contribution in [0.5, 0.6) is 0 Å². The van der Waals surface area contributed by atoms with E-state index in [-0.39, 0.29) is 11.9 Å². The molecule has 1 atom stereocenters. The maximum absolute atomic E-state index is 12.6. The monoisotopic (exact) mass is 344 g/mol. The van der Waals surface area contributed by atoms with Crippen molar-refractivity contribution in [3.8, 4) is 0 Å². The number of nitrogens with zero attached hydrogens (tertiary/aromatic N) is 1. The van der Waals surface area contributed by atoms with Crippen molar-refractivity contribution >= 4 is 17.2 Å². The largest absolute Gasteiger partial charge is 0.468 e. The predicted octanol–water partition coefficient (Wildman–Crippen LogP) is 3.79. The molecule has 3 heterocycles. The van der Waals surface area contributed by atoms with Crippen LogP contribution in [0.25, 0.3) is 0 Å². The quantitative estimate of drug-likeness (QED) is 0.898. The molecular weight excluding hydrogens is 320 g/mol. The van der Waals surface area contributed by atoms with E-state index in [0.717, 1.165) is 36.6 Å². The zero-order valence-electron chi connectivity index (χ0n) is 13.9. The van der Waals surface area contributed by atoms with Crippen molar-refractivity contribution in [1.29, 1.82) is 0 Å². The molecule has 128 valence electrons. The second-order valence-corrected chi connectivity index (χ2v) is 7.89. The molecule has 1 saturated heterocycles. The minimum Gasteiger partial charge on any atom is -0.468 e. The summed E-state index contributed by atoms with van der Waals surface area (Å²) in [6.07, 6.45) is 8.93. The number of carbonyl (C=O) groups is 1. The van der Waals surface area contributed by atoms with E-state index in [9.17, 15) is 4.79 Å². The number of hydrogen-bond acceptors (Lipinski definition) is 4. The summed E-state index contributed by atoms with van der Waals surface area (Å²) in [5.41, 5.74) is 1.39. The van der Waals surface area contributed by atoms with Crippen LogP contribution in [0.3, 0.4) is 0 Å². The summed E-state index contributed by atoms with van der Waals surface area (Å²) in [5, 5.41) is 3.14. The summed E-state index contributed by atoms with van der Waals surface area (Å²) in [7, 11) is 0. The zero-order chi connectivity index (χ0) is 16.4. The summed E-state index contributed by atoms with van der Waals surface area (Å²) in [4.78, 5) is 17.3. The van der Waals surface area contributed by atoms with Gasteiger partial charge in [-0.3, -0.25) is 9.69 Å². The van der Waals surface area contributed by atoms with Crippen LogP contribution in [0.4, 0.5) is 0 Å². The van der Waals surface area contributed by atoms with Gasteiger partial charge >= 0.3 is 0 Å². The first kappa shape index (κ1) is 15.9. The summed E-state index contributed by atoms with van der Waals surface area (Å²) >= 11 is 1.68. The molecule has 5 heteroatoms. The van der Waals surface area contributed by atoms with Crippen LogP contribution < -0.4 is 5.32 Å². The van der Waals surface area contributed by atoms with E-state index in [1.165, 1.54) is 36.1 Å². The van der Waals surface area contributed by atoms with Gasteiger partial charge in [0.2, 0.25) is 0 Å². The van der Waals surface area contributed by atoms with E-state index in [0.29, 0.717) is 6.54 Å². The van der Waals surface area contributed by atoms with E-state index in [4.69, 9.17) is 4.42 Å². The lowest BCUT2D eigenvalue weighted by molar-refractivity contribution is 0.0938. The topological polar surface area (TPSA) is 45.5 Å². The Hall–Kier alpha value is -1.59. The average Bonchev–Trinajstić information content (AvgIpc) is 3.35. The Balaban J connectivity index is 1.43. The van der Waals surface area contributed by atoms with Crippen LogP contribution in [0.2, 0.25) is 0 Å². The number of amides is 1. The molecule has 4 rings (SSSR count). The van der Waals surface area contributed by atoms with Gasteiger partial charge in [-0.25, -0.2) is 0 Å². The van der Waals surface area contributed by atoms with Gasteiger partial charge in [-0.2, -0.15) is 0 Å². The maximum Gasteiger partial charge on any atom is 0.261 e. The number of rotatable bonds is 5. The molecule has 2 aromatic rings. The van der Waals surface area contributed by atoms with E-state index in [1.54, 1.807) is 17.6 Å². The molecular formula is C19H24N2O2S. The fourth-order valence-corrected chi connectivity index (χ4v) is 4.99. The van der Waals surface area contributed by atoms with Crippen LogP contribution in [-0.2, 0) is 12.8 Å². The molecule has 1 unspecified atom stereocenters. The summed E-state index contributed by atoms with van der Waals surface area (Å²) < 4.78 is 5.62. The number of aryl methyl sites for hydroxylation is 2. The molecule has 0 saturated carbocycles. The number of nitrogens with one attached hydrogen (secondary N) is 1. The van der Waals surface area contributed by atoms with Gasteiger partial charge in [0.1, 0.15) is 5.76 Å². The van der Waals surface area contributed by atoms with Gasteiger partial charge in [-0.05, 0) is 75.4 Å². The van der Waals surface area contributed by atoms with Gasteiger partial charge in [-0.1, -0.05) is 0 Å². The molecule has 2 aromatic heterocycles. The fraction of sp³-hybridized carbons (Fsp3) is 0.526. The maximum atomic E-state index is 12.6. The summed E-state index contributed by atoms with van der Waals surface area (Å²) in [5.74, 6) is 1.01. The molecule has 2 aliphatic rings. The van der Waals surface area contributed by atoms with Crippen molar-refractivity contribution in [2.24, 2.45) is 0 Å². The zero-order valence-corrected chi connectivity index (χ0v) is 14.7. The fourth-order valence-electron chi connectivity index (χ4n) is 3.82. The Bertz CT molecular complexity index is 663. The van der Waals surface area contributed by atoms with Crippen molar-refractivity contribution in [1.82, 2.24) is 10.2 Å². The lowest BCUT2D eigenvalue weighted by atomic mass is 9.99. The Morgan fingerprint density at radius 1 is 1.25 bits per heavy atom. The highest BCUT2D eigenvalue weighted by Crippen LogP contribution is 2.30. The molecule has 0 radical (unpaired) electrons. The second kappa shape index (κ2) is 7.11. The molecule has 24 heavy (non-hydrogen) atoms. The molecule has 4 nitrogen and oxygen atoms in total. The van der Waals surface area contributed by atoms with Crippen molar-refractivity contribution < 1.29 is 9.21 Å². The molecule has 0 bridgehead atoms. The minimum absolute atomic E-state index is 0.0603. The van der Waals surface area contributed by atoms with E-state index in [2.05, 4.69) is 16.3 Å². The van der Waals surface area contributed by atoms with Gasteiger partial charge in [0.25, 0.3) is 5.91 Å². The first-order valence-electron chi connectivity index (χ1n) is 8.98. The van der Waals surface area contributed by atoms with Gasteiger partial charge < -0.3 is 9.73 Å². The first-order chi connectivity index (χ1) is 11.8. The van der Waals surface area contributed by atoms with Gasteiger partial charge in [0.15, 0.2) is 0 Å². The Labute approximate surface area is 146 Å². The number of likely N-dealkylation sites (tertiary alicyclic amines) is 1. The number of hydrogen-bond donors (Lipinski definition) is 1.